The van der Waals surface area contributed by atoms with Gasteiger partial charge in [0.05, 0.1) is 22.0 Å². The van der Waals surface area contributed by atoms with Crippen LogP contribution in [0.2, 0.25) is 5.15 Å². The van der Waals surface area contributed by atoms with Gasteiger partial charge in [-0.25, -0.2) is 27.2 Å². The summed E-state index contributed by atoms with van der Waals surface area (Å²) in [6.45, 7) is 2.33. The van der Waals surface area contributed by atoms with Crippen molar-refractivity contribution in [3.8, 4) is 11.3 Å². The minimum absolute atomic E-state index is 0.0141. The van der Waals surface area contributed by atoms with Crippen LogP contribution in [0.25, 0.3) is 22.4 Å². The Morgan fingerprint density at radius 2 is 1.97 bits per heavy atom. The summed E-state index contributed by atoms with van der Waals surface area (Å²) in [5.74, 6) is -0.482. The minimum atomic E-state index is -3.70. The first-order valence-electron chi connectivity index (χ1n) is 11.6. The molecule has 1 fully saturated rings. The molecule has 0 radical (unpaired) electrons. The van der Waals surface area contributed by atoms with E-state index in [-0.39, 0.29) is 32.6 Å². The monoisotopic (exact) mass is 550 g/mol. The van der Waals surface area contributed by atoms with Crippen molar-refractivity contribution in [2.75, 3.05) is 18.2 Å². The number of halogens is 3. The van der Waals surface area contributed by atoms with E-state index in [0.717, 1.165) is 24.7 Å². The van der Waals surface area contributed by atoms with Crippen LogP contribution < -0.4 is 5.32 Å². The third-order valence-corrected chi connectivity index (χ3v) is 7.55. The zero-order chi connectivity index (χ0) is 26.5. The molecule has 1 saturated heterocycles. The lowest BCUT2D eigenvalue weighted by Crippen LogP contribution is -2.20. The first kappa shape index (κ1) is 25.6. The zero-order valence-electron chi connectivity index (χ0n) is 20.4. The van der Waals surface area contributed by atoms with Crippen molar-refractivity contribution in [3.05, 3.63) is 47.0 Å². The van der Waals surface area contributed by atoms with Crippen LogP contribution in [0.1, 0.15) is 43.3 Å². The van der Waals surface area contributed by atoms with Crippen molar-refractivity contribution in [2.24, 2.45) is 7.05 Å². The van der Waals surface area contributed by atoms with Crippen LogP contribution in [-0.2, 0) is 21.6 Å². The summed E-state index contributed by atoms with van der Waals surface area (Å²) < 4.78 is 62.3. The van der Waals surface area contributed by atoms with E-state index in [4.69, 9.17) is 16.3 Å². The average molecular weight is 551 g/mol. The van der Waals surface area contributed by atoms with Gasteiger partial charge in [-0.05, 0) is 43.9 Å². The van der Waals surface area contributed by atoms with Crippen molar-refractivity contribution < 1.29 is 21.9 Å². The van der Waals surface area contributed by atoms with Crippen molar-refractivity contribution in [1.82, 2.24) is 24.3 Å². The molecule has 1 N–H and O–H groups in total. The predicted molar refractivity (Wildman–Crippen MR) is 136 cm³/mol. The number of nitrogens with zero attached hydrogens (tertiary/aromatic N) is 5. The second-order valence-corrected chi connectivity index (χ2v) is 11.4. The van der Waals surface area contributed by atoms with Crippen LogP contribution in [0.15, 0.2) is 35.4 Å². The van der Waals surface area contributed by atoms with Gasteiger partial charge >= 0.3 is 0 Å². The zero-order valence-corrected chi connectivity index (χ0v) is 21.9. The second-order valence-electron chi connectivity index (χ2n) is 9.07. The summed E-state index contributed by atoms with van der Waals surface area (Å²) in [6.07, 6.45) is 1.61. The first-order valence-corrected chi connectivity index (χ1v) is 13.9. The number of benzene rings is 1. The fourth-order valence-corrected chi connectivity index (χ4v) is 5.68. The number of hydrogen-bond donors (Lipinski definition) is 1. The molecule has 3 aromatic heterocycles. The van der Waals surface area contributed by atoms with E-state index in [1.54, 1.807) is 23.9 Å². The third-order valence-electron chi connectivity index (χ3n) is 6.22. The molecule has 37 heavy (non-hydrogen) atoms. The van der Waals surface area contributed by atoms with Crippen LogP contribution in [0.4, 0.5) is 20.2 Å². The summed E-state index contributed by atoms with van der Waals surface area (Å²) in [4.78, 5) is 8.47. The number of ether oxygens (including phenoxy) is 1. The number of imidazole rings is 1. The van der Waals surface area contributed by atoms with Gasteiger partial charge in [0.1, 0.15) is 16.9 Å². The van der Waals surface area contributed by atoms with Crippen LogP contribution in [-0.4, -0.2) is 45.6 Å². The number of pyridine rings is 1. The molecule has 196 valence electrons. The summed E-state index contributed by atoms with van der Waals surface area (Å²) in [5.41, 5.74) is 2.93. The Labute approximate surface area is 217 Å². The van der Waals surface area contributed by atoms with Crippen LogP contribution in [0, 0.1) is 6.92 Å². The lowest BCUT2D eigenvalue weighted by molar-refractivity contribution is -0.0363. The molecule has 0 bridgehead atoms. The second kappa shape index (κ2) is 9.66. The van der Waals surface area contributed by atoms with Crippen molar-refractivity contribution in [2.45, 2.75) is 43.7 Å². The molecule has 1 aliphatic rings. The summed E-state index contributed by atoms with van der Waals surface area (Å²) in [6, 6.07) is 6.31. The van der Waals surface area contributed by atoms with E-state index in [0.29, 0.717) is 24.3 Å². The fourth-order valence-electron chi connectivity index (χ4n) is 4.63. The molecule has 1 atom stereocenters. The Balaban J connectivity index is 1.64. The topological polar surface area (TPSA) is 104 Å². The summed E-state index contributed by atoms with van der Waals surface area (Å²) in [5, 5.41) is 7.51. The lowest BCUT2D eigenvalue weighted by atomic mass is 10.1. The molecule has 0 saturated carbocycles. The molecule has 4 aromatic rings. The summed E-state index contributed by atoms with van der Waals surface area (Å²) in [7, 11) is -1.91. The molecule has 9 nitrogen and oxygen atoms in total. The van der Waals surface area contributed by atoms with Gasteiger partial charge in [-0.15, -0.1) is 0 Å². The fraction of sp³-hybridized carbons (Fsp3) is 0.375. The molecule has 1 unspecified atom stereocenters. The molecular weight excluding hydrogens is 526 g/mol. The Morgan fingerprint density at radius 3 is 2.59 bits per heavy atom. The Bertz CT molecular complexity index is 1600. The number of nitrogens with one attached hydrogen (secondary N) is 1. The largest absolute Gasteiger partial charge is 0.358 e. The highest BCUT2D eigenvalue weighted by atomic mass is 35.5. The predicted octanol–water partition coefficient (Wildman–Crippen LogP) is 5.58. The van der Waals surface area contributed by atoms with Gasteiger partial charge in [-0.2, -0.15) is 5.10 Å². The highest BCUT2D eigenvalue weighted by Crippen LogP contribution is 2.38. The maximum Gasteiger partial charge on any atom is 0.295 e. The smallest absolute Gasteiger partial charge is 0.295 e. The molecule has 13 heteroatoms. The maximum absolute atomic E-state index is 14.0. The highest BCUT2D eigenvalue weighted by Gasteiger charge is 2.29. The molecular formula is C24H25ClF2N6O3S. The van der Waals surface area contributed by atoms with E-state index in [9.17, 15) is 17.2 Å². The molecule has 1 aliphatic heterocycles. The molecule has 1 aromatic carbocycles. The quantitative estimate of drug-likeness (QED) is 0.313. The molecule has 4 heterocycles. The van der Waals surface area contributed by atoms with Crippen molar-refractivity contribution in [1.29, 1.82) is 0 Å². The number of alkyl halides is 2. The van der Waals surface area contributed by atoms with Crippen LogP contribution in [0.3, 0.4) is 0 Å². The number of sulfone groups is 1. The SMILES string of the molecule is Cc1cn(C)nc1-c1ccc(Nc2cc(Cl)nc3c2nc(C(F)F)n3C2CCCCO2)c(S(C)(=O)=O)c1. The summed E-state index contributed by atoms with van der Waals surface area (Å²) >= 11 is 6.30. The number of aromatic nitrogens is 5. The number of aryl methyl sites for hydroxylation is 2. The highest BCUT2D eigenvalue weighted by molar-refractivity contribution is 7.90. The van der Waals surface area contributed by atoms with Crippen molar-refractivity contribution in [3.63, 3.8) is 0 Å². The number of hydrogen-bond acceptors (Lipinski definition) is 7. The van der Waals surface area contributed by atoms with Crippen LogP contribution >= 0.6 is 11.6 Å². The minimum Gasteiger partial charge on any atom is -0.358 e. The normalized spacial score (nSPS) is 16.6. The van der Waals surface area contributed by atoms with Crippen LogP contribution in [0.5, 0.6) is 0 Å². The van der Waals surface area contributed by atoms with Gasteiger partial charge in [0.15, 0.2) is 21.3 Å². The van der Waals surface area contributed by atoms with Crippen molar-refractivity contribution >= 4 is 44.0 Å². The van der Waals surface area contributed by atoms with E-state index in [1.165, 1.54) is 16.7 Å². The molecule has 0 aliphatic carbocycles. The van der Waals surface area contributed by atoms with Gasteiger partial charge in [0.25, 0.3) is 6.43 Å². The first-order chi connectivity index (χ1) is 17.5. The van der Waals surface area contributed by atoms with E-state index in [1.807, 2.05) is 13.1 Å². The Kier molecular flexibility index (Phi) is 6.67. The molecule has 0 amide bonds. The average Bonchev–Trinajstić information content (AvgIpc) is 3.38. The van der Waals surface area contributed by atoms with E-state index >= 15 is 0 Å². The van der Waals surface area contributed by atoms with E-state index < -0.39 is 28.3 Å². The number of rotatable bonds is 6. The van der Waals surface area contributed by atoms with Gasteiger partial charge in [-0.1, -0.05) is 17.7 Å². The lowest BCUT2D eigenvalue weighted by Gasteiger charge is -2.25. The molecule has 0 spiro atoms. The Hall–Kier alpha value is -3.09. The number of anilines is 2. The van der Waals surface area contributed by atoms with Gasteiger partial charge in [0, 0.05) is 37.7 Å². The van der Waals surface area contributed by atoms with Gasteiger partial charge in [-0.3, -0.25) is 9.25 Å². The van der Waals surface area contributed by atoms with E-state index in [2.05, 4.69) is 20.4 Å². The molecule has 5 rings (SSSR count). The van der Waals surface area contributed by atoms with Gasteiger partial charge < -0.3 is 10.1 Å². The number of fused-ring (bicyclic) bond motifs is 1. The maximum atomic E-state index is 14.0. The van der Waals surface area contributed by atoms with Gasteiger partial charge in [0.2, 0.25) is 0 Å². The third kappa shape index (κ3) is 4.92. The standard InChI is InChI=1S/C24H25ClF2N6O3S/c1-13-12-32(2)31-20(13)14-7-8-15(17(10-14)37(3,34)35)28-16-11-18(25)29-23-21(16)30-24(22(26)27)33(23)19-6-4-5-9-36-19/h7-8,10-12,19,22H,4-6,9H2,1-3H3,(H,28,29). The Morgan fingerprint density at radius 1 is 1.19 bits per heavy atom.